The van der Waals surface area contributed by atoms with Crippen LogP contribution in [0.15, 0.2) is 30.3 Å². The highest BCUT2D eigenvalue weighted by molar-refractivity contribution is 7.15. The van der Waals surface area contributed by atoms with E-state index in [1.807, 2.05) is 31.2 Å². The van der Waals surface area contributed by atoms with Crippen molar-refractivity contribution in [2.75, 3.05) is 12.4 Å². The lowest BCUT2D eigenvalue weighted by Crippen LogP contribution is -2.07. The van der Waals surface area contributed by atoms with Crippen molar-refractivity contribution < 1.29 is 9.53 Å². The number of aromatic nitrogens is 2. The number of hydrogen-bond acceptors (Lipinski definition) is 5. The fourth-order valence-corrected chi connectivity index (χ4v) is 1.98. The second kappa shape index (κ2) is 6.10. The molecule has 5 nitrogen and oxygen atoms in total. The third kappa shape index (κ3) is 3.89. The van der Waals surface area contributed by atoms with Crippen LogP contribution in [-0.2, 0) is 4.79 Å². The summed E-state index contributed by atoms with van der Waals surface area (Å²) in [5, 5.41) is 11.6. The number of ether oxygens (including phenoxy) is 1. The third-order valence-electron chi connectivity index (χ3n) is 2.30. The van der Waals surface area contributed by atoms with Gasteiger partial charge in [-0.25, -0.2) is 0 Å². The molecule has 1 aromatic carbocycles. The third-order valence-corrected chi connectivity index (χ3v) is 3.05. The minimum Gasteiger partial charge on any atom is -0.497 e. The smallest absolute Gasteiger partial charge is 0.250 e. The van der Waals surface area contributed by atoms with E-state index < -0.39 is 0 Å². The number of nitrogens with zero attached hydrogens (tertiary/aromatic N) is 2. The summed E-state index contributed by atoms with van der Waals surface area (Å²) in [6, 6.07) is 7.42. The van der Waals surface area contributed by atoms with Gasteiger partial charge in [-0.2, -0.15) is 0 Å². The molecular weight excluding hydrogens is 262 g/mol. The maximum Gasteiger partial charge on any atom is 0.250 e. The Morgan fingerprint density at radius 3 is 2.63 bits per heavy atom. The van der Waals surface area contributed by atoms with Crippen LogP contribution in [0.1, 0.15) is 10.6 Å². The molecule has 0 radical (unpaired) electrons. The number of hydrogen-bond donors (Lipinski definition) is 1. The topological polar surface area (TPSA) is 64.1 Å². The molecule has 0 fully saturated rings. The lowest BCUT2D eigenvalue weighted by atomic mass is 10.2. The monoisotopic (exact) mass is 275 g/mol. The second-order valence-electron chi connectivity index (χ2n) is 3.72. The van der Waals surface area contributed by atoms with Gasteiger partial charge < -0.3 is 4.74 Å². The largest absolute Gasteiger partial charge is 0.497 e. The van der Waals surface area contributed by atoms with Crippen molar-refractivity contribution in [2.45, 2.75) is 6.92 Å². The quantitative estimate of drug-likeness (QED) is 0.871. The van der Waals surface area contributed by atoms with Gasteiger partial charge in [-0.3, -0.25) is 10.1 Å². The normalized spacial score (nSPS) is 10.6. The lowest BCUT2D eigenvalue weighted by molar-refractivity contribution is -0.111. The first-order valence-electron chi connectivity index (χ1n) is 5.60. The highest BCUT2D eigenvalue weighted by atomic mass is 32.1. The molecule has 0 spiro atoms. The van der Waals surface area contributed by atoms with Crippen LogP contribution in [0.3, 0.4) is 0 Å². The van der Waals surface area contributed by atoms with Crippen LogP contribution in [0.5, 0.6) is 5.75 Å². The molecule has 2 rings (SSSR count). The van der Waals surface area contributed by atoms with E-state index in [0.29, 0.717) is 5.13 Å². The Kier molecular flexibility index (Phi) is 4.25. The van der Waals surface area contributed by atoms with Crippen LogP contribution in [0.2, 0.25) is 0 Å². The van der Waals surface area contributed by atoms with Crippen molar-refractivity contribution >= 4 is 28.5 Å². The average Bonchev–Trinajstić information content (AvgIpc) is 2.82. The zero-order valence-corrected chi connectivity index (χ0v) is 11.4. The average molecular weight is 275 g/mol. The highest BCUT2D eigenvalue weighted by Crippen LogP contribution is 2.14. The van der Waals surface area contributed by atoms with Gasteiger partial charge in [0, 0.05) is 6.08 Å². The Morgan fingerprint density at radius 1 is 1.32 bits per heavy atom. The number of benzene rings is 1. The molecule has 6 heteroatoms. The molecule has 1 heterocycles. The molecule has 0 aliphatic rings. The lowest BCUT2D eigenvalue weighted by Gasteiger charge is -1.99. The molecule has 0 saturated carbocycles. The van der Waals surface area contributed by atoms with E-state index in [1.165, 1.54) is 17.4 Å². The minimum absolute atomic E-state index is 0.230. The van der Waals surface area contributed by atoms with Gasteiger partial charge >= 0.3 is 0 Å². The van der Waals surface area contributed by atoms with Crippen molar-refractivity contribution in [1.29, 1.82) is 0 Å². The molecular formula is C13H13N3O2S. The molecule has 0 aliphatic carbocycles. The fraction of sp³-hybridized carbons (Fsp3) is 0.154. The molecule has 19 heavy (non-hydrogen) atoms. The Morgan fingerprint density at radius 2 is 2.05 bits per heavy atom. The number of nitrogens with one attached hydrogen (secondary N) is 1. The van der Waals surface area contributed by atoms with Gasteiger partial charge in [-0.1, -0.05) is 23.5 Å². The maximum absolute atomic E-state index is 11.6. The van der Waals surface area contributed by atoms with Crippen molar-refractivity contribution in [3.05, 3.63) is 40.9 Å². The van der Waals surface area contributed by atoms with Gasteiger partial charge in [0.2, 0.25) is 11.0 Å². The van der Waals surface area contributed by atoms with Gasteiger partial charge in [0.05, 0.1) is 7.11 Å². The number of rotatable bonds is 4. The molecule has 0 unspecified atom stereocenters. The van der Waals surface area contributed by atoms with Crippen LogP contribution in [0.4, 0.5) is 5.13 Å². The molecule has 0 saturated heterocycles. The van der Waals surface area contributed by atoms with Gasteiger partial charge in [0.25, 0.3) is 0 Å². The van der Waals surface area contributed by atoms with Crippen LogP contribution >= 0.6 is 11.3 Å². The fourth-order valence-electron chi connectivity index (χ4n) is 1.38. The van der Waals surface area contributed by atoms with Crippen molar-refractivity contribution in [2.24, 2.45) is 0 Å². The number of anilines is 1. The number of aryl methyl sites for hydroxylation is 1. The molecule has 2 aromatic rings. The van der Waals surface area contributed by atoms with E-state index in [2.05, 4.69) is 15.5 Å². The van der Waals surface area contributed by atoms with Crippen LogP contribution in [0, 0.1) is 6.92 Å². The summed E-state index contributed by atoms with van der Waals surface area (Å²) in [7, 11) is 1.61. The zero-order chi connectivity index (χ0) is 13.7. The standard InChI is InChI=1S/C13H13N3O2S/c1-9-15-16-13(19-9)14-12(17)8-5-10-3-6-11(18-2)7-4-10/h3-8H,1-2H3,(H,14,16,17). The summed E-state index contributed by atoms with van der Waals surface area (Å²) in [5.41, 5.74) is 0.921. The Hall–Kier alpha value is -2.21. The first-order chi connectivity index (χ1) is 9.17. The van der Waals surface area contributed by atoms with Gasteiger partial charge in [0.15, 0.2) is 0 Å². The van der Waals surface area contributed by atoms with Crippen molar-refractivity contribution in [1.82, 2.24) is 10.2 Å². The summed E-state index contributed by atoms with van der Waals surface area (Å²) in [4.78, 5) is 11.6. The summed E-state index contributed by atoms with van der Waals surface area (Å²) in [6.45, 7) is 1.83. The van der Waals surface area contributed by atoms with Crippen molar-refractivity contribution in [3.8, 4) is 5.75 Å². The molecule has 1 aromatic heterocycles. The number of carbonyl (C=O) groups excluding carboxylic acids is 1. The van der Waals surface area contributed by atoms with Crippen molar-refractivity contribution in [3.63, 3.8) is 0 Å². The van der Waals surface area contributed by atoms with E-state index in [1.54, 1.807) is 13.2 Å². The van der Waals surface area contributed by atoms with Crippen LogP contribution < -0.4 is 10.1 Å². The summed E-state index contributed by atoms with van der Waals surface area (Å²) in [5.74, 6) is 0.554. The van der Waals surface area contributed by atoms with E-state index in [-0.39, 0.29) is 5.91 Å². The van der Waals surface area contributed by atoms with Crippen LogP contribution in [0.25, 0.3) is 6.08 Å². The zero-order valence-electron chi connectivity index (χ0n) is 10.6. The summed E-state index contributed by atoms with van der Waals surface area (Å²) >= 11 is 1.34. The Labute approximate surface area is 114 Å². The van der Waals surface area contributed by atoms with E-state index in [4.69, 9.17) is 4.74 Å². The molecule has 1 amide bonds. The highest BCUT2D eigenvalue weighted by Gasteiger charge is 2.02. The van der Waals surface area contributed by atoms with Gasteiger partial charge in [-0.15, -0.1) is 10.2 Å². The minimum atomic E-state index is -0.230. The molecule has 0 atom stereocenters. The number of methoxy groups -OCH3 is 1. The predicted molar refractivity (Wildman–Crippen MR) is 75.3 cm³/mol. The Bertz CT molecular complexity index is 590. The molecule has 0 bridgehead atoms. The number of amides is 1. The van der Waals surface area contributed by atoms with Crippen LogP contribution in [-0.4, -0.2) is 23.2 Å². The maximum atomic E-state index is 11.6. The predicted octanol–water partition coefficient (Wildman–Crippen LogP) is 2.51. The summed E-state index contributed by atoms with van der Waals surface area (Å²) < 4.78 is 5.06. The molecule has 98 valence electrons. The van der Waals surface area contributed by atoms with Gasteiger partial charge in [0.1, 0.15) is 10.8 Å². The van der Waals surface area contributed by atoms with Gasteiger partial charge in [-0.05, 0) is 30.7 Å². The molecule has 0 aliphatic heterocycles. The summed E-state index contributed by atoms with van der Waals surface area (Å²) in [6.07, 6.45) is 3.18. The first kappa shape index (κ1) is 13.2. The number of carbonyl (C=O) groups is 1. The second-order valence-corrected chi connectivity index (χ2v) is 4.90. The molecule has 1 N–H and O–H groups in total. The van der Waals surface area contributed by atoms with E-state index in [9.17, 15) is 4.79 Å². The van der Waals surface area contributed by atoms with E-state index in [0.717, 1.165) is 16.3 Å². The first-order valence-corrected chi connectivity index (χ1v) is 6.42. The van der Waals surface area contributed by atoms with E-state index >= 15 is 0 Å². The Balaban J connectivity index is 1.95. The SMILES string of the molecule is COc1ccc(C=CC(=O)Nc2nnc(C)s2)cc1.